The van der Waals surface area contributed by atoms with Gasteiger partial charge in [0.05, 0.1) is 5.69 Å². The Morgan fingerprint density at radius 2 is 1.90 bits per heavy atom. The van der Waals surface area contributed by atoms with Crippen molar-refractivity contribution >= 4 is 33.5 Å². The average Bonchev–Trinajstić information content (AvgIpc) is 2.39. The van der Waals surface area contributed by atoms with Crippen LogP contribution in [0.1, 0.15) is 0 Å². The van der Waals surface area contributed by atoms with E-state index in [1.54, 1.807) is 12.1 Å². The predicted octanol–water partition coefficient (Wildman–Crippen LogP) is 1.26. The van der Waals surface area contributed by atoms with Crippen molar-refractivity contribution in [2.24, 2.45) is 0 Å². The molecule has 0 aliphatic carbocycles. The molecule has 8 heteroatoms. The highest BCUT2D eigenvalue weighted by Gasteiger charge is 2.16. The Balaban J connectivity index is 1.98. The molecule has 1 aromatic rings. The first-order valence-electron chi connectivity index (χ1n) is 5.75. The van der Waals surface area contributed by atoms with Crippen LogP contribution in [0.3, 0.4) is 0 Å². The zero-order valence-electron chi connectivity index (χ0n) is 10.3. The first-order chi connectivity index (χ1) is 9.56. The zero-order chi connectivity index (χ0) is 14.5. The van der Waals surface area contributed by atoms with E-state index in [4.69, 9.17) is 19.3 Å². The molecule has 2 N–H and O–H groups in total. The van der Waals surface area contributed by atoms with Gasteiger partial charge < -0.3 is 24.6 Å². The maximum Gasteiger partial charge on any atom is 0.329 e. The second-order valence-electron chi connectivity index (χ2n) is 3.91. The molecule has 0 saturated heterocycles. The van der Waals surface area contributed by atoms with Crippen molar-refractivity contribution in [1.82, 2.24) is 0 Å². The van der Waals surface area contributed by atoms with Crippen molar-refractivity contribution in [2.75, 3.05) is 31.7 Å². The summed E-state index contributed by atoms with van der Waals surface area (Å²) in [6.07, 6.45) is 0. The summed E-state index contributed by atoms with van der Waals surface area (Å²) < 4.78 is 16.1. The van der Waals surface area contributed by atoms with E-state index in [9.17, 15) is 9.59 Å². The van der Waals surface area contributed by atoms with E-state index in [1.165, 1.54) is 0 Å². The number of carbonyl (C=O) groups is 2. The Morgan fingerprint density at radius 1 is 1.25 bits per heavy atom. The summed E-state index contributed by atoms with van der Waals surface area (Å²) in [5.74, 6) is -0.439. The summed E-state index contributed by atoms with van der Waals surface area (Å²) in [5.41, 5.74) is 0.498. The van der Waals surface area contributed by atoms with E-state index in [1.807, 2.05) is 0 Å². The maximum absolute atomic E-state index is 11.6. The van der Waals surface area contributed by atoms with Gasteiger partial charge in [-0.25, -0.2) is 4.79 Å². The van der Waals surface area contributed by atoms with Crippen LogP contribution in [0.25, 0.3) is 0 Å². The number of amides is 1. The number of halogens is 1. The quantitative estimate of drug-likeness (QED) is 0.834. The van der Waals surface area contributed by atoms with E-state index in [0.717, 1.165) is 0 Å². The molecule has 1 aromatic carbocycles. The number of rotatable bonds is 5. The van der Waals surface area contributed by atoms with Crippen LogP contribution >= 0.6 is 15.9 Å². The minimum atomic E-state index is -1.13. The minimum Gasteiger partial charge on any atom is -0.486 e. The van der Waals surface area contributed by atoms with Crippen LogP contribution in [0.2, 0.25) is 0 Å². The molecule has 2 rings (SSSR count). The fourth-order valence-corrected chi connectivity index (χ4v) is 2.00. The number of hydrogen-bond acceptors (Lipinski definition) is 5. The summed E-state index contributed by atoms with van der Waals surface area (Å²) in [6, 6.07) is 3.33. The van der Waals surface area contributed by atoms with Crippen molar-refractivity contribution < 1.29 is 28.9 Å². The highest BCUT2D eigenvalue weighted by molar-refractivity contribution is 9.10. The molecule has 20 heavy (non-hydrogen) atoms. The lowest BCUT2D eigenvalue weighted by Crippen LogP contribution is -2.21. The smallest absolute Gasteiger partial charge is 0.329 e. The molecule has 7 nitrogen and oxygen atoms in total. The zero-order valence-corrected chi connectivity index (χ0v) is 11.9. The third-order valence-electron chi connectivity index (χ3n) is 2.36. The van der Waals surface area contributed by atoms with Gasteiger partial charge in [-0.1, -0.05) is 0 Å². The Morgan fingerprint density at radius 3 is 2.55 bits per heavy atom. The number of ether oxygens (including phenoxy) is 3. The molecule has 0 atom stereocenters. The molecule has 0 saturated carbocycles. The third-order valence-corrected chi connectivity index (χ3v) is 3.02. The van der Waals surface area contributed by atoms with Gasteiger partial charge in [-0.2, -0.15) is 0 Å². The number of aliphatic carboxylic acids is 1. The Hall–Kier alpha value is -1.80. The normalized spacial score (nSPS) is 12.8. The molecule has 1 heterocycles. The van der Waals surface area contributed by atoms with E-state index in [0.29, 0.717) is 34.9 Å². The van der Waals surface area contributed by atoms with E-state index in [-0.39, 0.29) is 6.61 Å². The average molecular weight is 346 g/mol. The maximum atomic E-state index is 11.6. The van der Waals surface area contributed by atoms with E-state index >= 15 is 0 Å². The van der Waals surface area contributed by atoms with Gasteiger partial charge in [0.1, 0.15) is 26.4 Å². The predicted molar refractivity (Wildman–Crippen MR) is 72.2 cm³/mol. The number of hydrogen-bond donors (Lipinski definition) is 2. The van der Waals surface area contributed by atoms with Crippen LogP contribution in [0.5, 0.6) is 11.5 Å². The van der Waals surface area contributed by atoms with Crippen molar-refractivity contribution in [3.8, 4) is 11.5 Å². The second kappa shape index (κ2) is 6.58. The molecule has 1 amide bonds. The number of carboxylic acid groups (broad SMARTS) is 1. The number of anilines is 1. The van der Waals surface area contributed by atoms with Gasteiger partial charge in [0.25, 0.3) is 0 Å². The van der Waals surface area contributed by atoms with Gasteiger partial charge in [-0.3, -0.25) is 4.79 Å². The molecule has 1 aliphatic heterocycles. The van der Waals surface area contributed by atoms with Gasteiger partial charge in [0.2, 0.25) is 5.91 Å². The molecule has 1 aliphatic rings. The summed E-state index contributed by atoms with van der Waals surface area (Å²) >= 11 is 3.31. The highest BCUT2D eigenvalue weighted by atomic mass is 79.9. The minimum absolute atomic E-state index is 0.340. The standard InChI is InChI=1S/C12H12BrNO6/c13-7-3-9-10(20-2-1-19-9)4-8(7)14-11(15)5-18-6-12(16)17/h3-4H,1-2,5-6H2,(H,14,15)(H,16,17). The van der Waals surface area contributed by atoms with Gasteiger partial charge in [-0.15, -0.1) is 0 Å². The fraction of sp³-hybridized carbons (Fsp3) is 0.333. The molecule has 108 valence electrons. The van der Waals surface area contributed by atoms with Crippen molar-refractivity contribution in [3.63, 3.8) is 0 Å². The number of fused-ring (bicyclic) bond motifs is 1. The van der Waals surface area contributed by atoms with Crippen molar-refractivity contribution in [2.45, 2.75) is 0 Å². The molecular formula is C12H12BrNO6. The summed E-state index contributed by atoms with van der Waals surface area (Å²) in [5, 5.41) is 11.0. The SMILES string of the molecule is O=C(O)COCC(=O)Nc1cc2c(cc1Br)OCCO2. The van der Waals surface area contributed by atoms with E-state index in [2.05, 4.69) is 21.2 Å². The number of carbonyl (C=O) groups excluding carboxylic acids is 1. The molecular weight excluding hydrogens is 334 g/mol. The molecule has 0 fully saturated rings. The summed E-state index contributed by atoms with van der Waals surface area (Å²) in [6.45, 7) is 0.0703. The molecule has 0 aromatic heterocycles. The van der Waals surface area contributed by atoms with Gasteiger partial charge in [0.15, 0.2) is 11.5 Å². The van der Waals surface area contributed by atoms with Gasteiger partial charge in [0, 0.05) is 16.6 Å². The van der Waals surface area contributed by atoms with Crippen molar-refractivity contribution in [3.05, 3.63) is 16.6 Å². The molecule has 0 radical (unpaired) electrons. The largest absolute Gasteiger partial charge is 0.486 e. The third kappa shape index (κ3) is 3.84. The molecule has 0 unspecified atom stereocenters. The first-order valence-corrected chi connectivity index (χ1v) is 6.54. The van der Waals surface area contributed by atoms with E-state index < -0.39 is 18.5 Å². The van der Waals surface area contributed by atoms with Gasteiger partial charge >= 0.3 is 5.97 Å². The number of nitrogens with one attached hydrogen (secondary N) is 1. The second-order valence-corrected chi connectivity index (χ2v) is 4.76. The lowest BCUT2D eigenvalue weighted by molar-refractivity contribution is -0.143. The Labute approximate surface area is 122 Å². The fourth-order valence-electron chi connectivity index (χ4n) is 1.58. The van der Waals surface area contributed by atoms with Gasteiger partial charge in [-0.05, 0) is 15.9 Å². The Bertz CT molecular complexity index is 533. The topological polar surface area (TPSA) is 94.1 Å². The van der Waals surface area contributed by atoms with Crippen LogP contribution in [-0.2, 0) is 14.3 Å². The van der Waals surface area contributed by atoms with Crippen LogP contribution in [0.4, 0.5) is 5.69 Å². The molecule has 0 bridgehead atoms. The van der Waals surface area contributed by atoms with Crippen LogP contribution in [-0.4, -0.2) is 43.4 Å². The number of benzene rings is 1. The molecule has 0 spiro atoms. The monoisotopic (exact) mass is 345 g/mol. The van der Waals surface area contributed by atoms with Crippen LogP contribution in [0, 0.1) is 0 Å². The lowest BCUT2D eigenvalue weighted by Gasteiger charge is -2.20. The number of carboxylic acids is 1. The summed E-state index contributed by atoms with van der Waals surface area (Å²) in [7, 11) is 0. The highest BCUT2D eigenvalue weighted by Crippen LogP contribution is 2.38. The first kappa shape index (κ1) is 14.6. The lowest BCUT2D eigenvalue weighted by atomic mass is 10.2. The summed E-state index contributed by atoms with van der Waals surface area (Å²) in [4.78, 5) is 21.9. The van der Waals surface area contributed by atoms with Crippen LogP contribution in [0.15, 0.2) is 16.6 Å². The van der Waals surface area contributed by atoms with Crippen molar-refractivity contribution in [1.29, 1.82) is 0 Å². The van der Waals surface area contributed by atoms with Crippen LogP contribution < -0.4 is 14.8 Å². The Kier molecular flexibility index (Phi) is 4.80.